The molecule has 0 amide bonds. The van der Waals surface area contributed by atoms with Crippen molar-refractivity contribution in [2.45, 2.75) is 188 Å². The molecule has 0 atom stereocenters. The Hall–Kier alpha value is -14.5. The number of allylic oxidation sites excluding steroid dienone is 8. The third kappa shape index (κ3) is 24.5. The first-order chi connectivity index (χ1) is 70.3. The number of rotatable bonds is 16. The zero-order valence-electron chi connectivity index (χ0n) is 92.4. The summed E-state index contributed by atoms with van der Waals surface area (Å²) in [4.78, 5) is 57.0. The van der Waals surface area contributed by atoms with Gasteiger partial charge in [-0.1, -0.05) is 456 Å². The molecule has 0 radical (unpaired) electrons. The van der Waals surface area contributed by atoms with E-state index in [1.165, 1.54) is 22.3 Å². The third-order valence-corrected chi connectivity index (χ3v) is 27.1. The van der Waals surface area contributed by atoms with Gasteiger partial charge in [0.05, 0.1) is 45.6 Å². The van der Waals surface area contributed by atoms with Crippen molar-refractivity contribution in [2.24, 2.45) is 55.7 Å². The molecule has 8 aromatic heterocycles. The average molecular weight is 2070 g/mol. The fraction of sp³-hybridized carbons (Fsp3) is 0.252. The summed E-state index contributed by atoms with van der Waals surface area (Å²) in [5, 5.41) is 0. The Morgan fingerprint density at radius 3 is 0.873 bits per heavy atom. The molecule has 15 heteroatoms. The van der Waals surface area contributed by atoms with Gasteiger partial charge in [0.1, 0.15) is 5.82 Å². The number of hydrogen-bond donors (Lipinski definition) is 0. The van der Waals surface area contributed by atoms with Crippen LogP contribution in [0.2, 0.25) is 0 Å². The van der Waals surface area contributed by atoms with Gasteiger partial charge in [0.25, 0.3) is 0 Å². The average Bonchev–Trinajstić information content (AvgIpc) is 1.60. The van der Waals surface area contributed by atoms with Gasteiger partial charge >= 0.3 is 39.0 Å². The number of imidazole rings is 1. The minimum absolute atomic E-state index is 0. The van der Waals surface area contributed by atoms with E-state index in [1.54, 1.807) is 0 Å². The van der Waals surface area contributed by atoms with Crippen LogP contribution in [-0.4, -0.2) is 46.9 Å². The Kier molecular flexibility index (Phi) is 32.7. The number of hydrogen-bond acceptors (Lipinski definition) is 7. The van der Waals surface area contributed by atoms with Gasteiger partial charge in [-0.25, -0.2) is 15.0 Å². The van der Waals surface area contributed by atoms with Crippen molar-refractivity contribution in [1.29, 1.82) is 0 Å². The van der Waals surface area contributed by atoms with Crippen molar-refractivity contribution in [3.63, 3.8) is 0 Å². The van der Waals surface area contributed by atoms with Gasteiger partial charge in [0, 0.05) is 118 Å². The van der Waals surface area contributed by atoms with Crippen LogP contribution < -0.4 is 19.9 Å². The summed E-state index contributed by atoms with van der Waals surface area (Å²) in [5.41, 5.74) is 40.1. The second kappa shape index (κ2) is 44.7. The Labute approximate surface area is 915 Å². The molecular weight excluding hydrogens is 1930 g/mol. The number of aromatic nitrogens is 9. The smallest absolute Gasteiger partial charge is 0.660 e. The summed E-state index contributed by atoms with van der Waals surface area (Å²) in [6.07, 6.45) is 18.6. The molecule has 12 heterocycles. The zero-order valence-corrected chi connectivity index (χ0v) is 98.4. The molecule has 20 rings (SSSR count). The summed E-state index contributed by atoms with van der Waals surface area (Å²) in [6, 6.07) is 108. The van der Waals surface area contributed by atoms with Gasteiger partial charge in [0.15, 0.2) is 0 Å². The van der Waals surface area contributed by atoms with E-state index in [-0.39, 0.29) is 82.3 Å². The van der Waals surface area contributed by atoms with Gasteiger partial charge in [-0.2, -0.15) is 11.4 Å². The van der Waals surface area contributed by atoms with Gasteiger partial charge < -0.3 is 29.1 Å². The second-order valence-electron chi connectivity index (χ2n) is 47.0. The first-order valence-electron chi connectivity index (χ1n) is 51.7. The van der Waals surface area contributed by atoms with Crippen LogP contribution in [0.3, 0.4) is 0 Å². The number of aliphatic imine (C=N–C) groups is 4. The number of benzene rings is 8. The molecule has 0 saturated carbocycles. The number of nitrogens with zero attached hydrogens (tertiary/aromatic N) is 13. The van der Waals surface area contributed by atoms with Gasteiger partial charge in [-0.05, 0) is 149 Å². The topological polar surface area (TPSA) is 154 Å². The molecular formula is C135H139N13Zn2. The Balaban J connectivity index is 0.000000150. The molecule has 13 nitrogen and oxygen atoms in total. The van der Waals surface area contributed by atoms with Gasteiger partial charge in [0.2, 0.25) is 0 Å². The molecule has 0 spiro atoms. The minimum atomic E-state index is -0.0659. The van der Waals surface area contributed by atoms with E-state index >= 15 is 0 Å². The molecule has 0 unspecified atom stereocenters. The van der Waals surface area contributed by atoms with Gasteiger partial charge in [-0.3, -0.25) is 20.0 Å². The van der Waals surface area contributed by atoms with Crippen LogP contribution in [0.15, 0.2) is 425 Å². The van der Waals surface area contributed by atoms with Crippen LogP contribution in [0.1, 0.15) is 257 Å². The fourth-order valence-corrected chi connectivity index (χ4v) is 18.8. The van der Waals surface area contributed by atoms with E-state index in [0.29, 0.717) is 0 Å². The van der Waals surface area contributed by atoms with Crippen LogP contribution >= 0.6 is 0 Å². The van der Waals surface area contributed by atoms with E-state index in [9.17, 15) is 0 Å². The van der Waals surface area contributed by atoms with Gasteiger partial charge in [-0.15, -0.1) is 34.2 Å². The number of aryl methyl sites for hydroxylation is 2. The van der Waals surface area contributed by atoms with Crippen LogP contribution in [0.4, 0.5) is 0 Å². The summed E-state index contributed by atoms with van der Waals surface area (Å²) in [6.45, 7) is 54.1. The summed E-state index contributed by atoms with van der Waals surface area (Å²) < 4.78 is 4.29. The largest absolute Gasteiger partial charge is 2.00 e. The molecule has 0 bridgehead atoms. The fourth-order valence-electron chi connectivity index (χ4n) is 18.8. The van der Waals surface area contributed by atoms with E-state index in [4.69, 9.17) is 54.9 Å². The monoisotopic (exact) mass is 2070 g/mol. The molecule has 4 aliphatic heterocycles. The molecule has 150 heavy (non-hydrogen) atoms. The third-order valence-electron chi connectivity index (χ3n) is 27.1. The minimum Gasteiger partial charge on any atom is -0.660 e. The quantitative estimate of drug-likeness (QED) is 0.0872. The molecule has 0 aliphatic carbocycles. The Morgan fingerprint density at radius 2 is 0.573 bits per heavy atom. The van der Waals surface area contributed by atoms with Crippen molar-refractivity contribution in [3.05, 3.63) is 495 Å². The first-order valence-corrected chi connectivity index (χ1v) is 51.7. The molecule has 748 valence electrons. The molecule has 0 saturated heterocycles. The van der Waals surface area contributed by atoms with E-state index in [1.807, 2.05) is 158 Å². The molecule has 4 aliphatic rings. The van der Waals surface area contributed by atoms with Crippen molar-refractivity contribution in [1.82, 2.24) is 44.0 Å². The Morgan fingerprint density at radius 1 is 0.247 bits per heavy atom. The molecule has 0 fully saturated rings. The predicted octanol–water partition coefficient (Wildman–Crippen LogP) is 32.4. The molecule has 16 aromatic rings. The summed E-state index contributed by atoms with van der Waals surface area (Å²) in [5.74, 6) is 0.906. The first kappa shape index (κ1) is 110. The van der Waals surface area contributed by atoms with Crippen LogP contribution in [0, 0.1) is 21.7 Å². The molecule has 0 N–H and O–H groups in total. The summed E-state index contributed by atoms with van der Waals surface area (Å²) >= 11 is 0. The normalized spacial score (nSPS) is 15.3. The van der Waals surface area contributed by atoms with Crippen LogP contribution in [0.5, 0.6) is 0 Å². The zero-order chi connectivity index (χ0) is 105. The maximum absolute atomic E-state index is 5.33. The predicted molar refractivity (Wildman–Crippen MR) is 620 cm³/mol. The van der Waals surface area contributed by atoms with E-state index < -0.39 is 0 Å². The molecule has 8 aromatic carbocycles. The maximum Gasteiger partial charge on any atom is 2.00 e. The summed E-state index contributed by atoms with van der Waals surface area (Å²) in [7, 11) is 4.17. The van der Waals surface area contributed by atoms with Crippen molar-refractivity contribution in [2.75, 3.05) is 0 Å². The van der Waals surface area contributed by atoms with E-state index in [0.717, 1.165) is 203 Å². The van der Waals surface area contributed by atoms with Crippen molar-refractivity contribution >= 4 is 56.3 Å². The van der Waals surface area contributed by atoms with Crippen LogP contribution in [-0.2, 0) is 74.7 Å². The standard InChI is InChI=1S/2C38H26N3.C30H44N3.C29H43N4.2Zn/c2*1-5-15-27(16-6-1)31-25-34(29-19-9-3-10-20-29)40-37(31)36(33-23-13-14-24-39-33)38-32(28-17-7-2-8-18-28)26-35(41-38)30-21-11-4-12-22-30;1-27(2,3)19-17-22(29(7,8)9)31-25(19)24(21-15-14-16-33(21)13)26-20(28(4,5)6)18-23(32-26)30(10,11)12;1-26(2,3)18-16-20(28(7,8)9)31-23(18)22(25-30-14-15-33(25)13)24-19(27(4,5)6)17-21(32-24)29(10,11)12;;/h2*1-26H;14-18H,1-13H3;14-17H,1-13H3;;/q4*-1;2*+2. The second-order valence-corrected chi connectivity index (χ2v) is 47.0. The van der Waals surface area contributed by atoms with Crippen molar-refractivity contribution < 1.29 is 39.0 Å². The number of pyridine rings is 2. The maximum atomic E-state index is 5.33. The van der Waals surface area contributed by atoms with Crippen LogP contribution in [0.25, 0.3) is 78.2 Å². The Bertz CT molecular complexity index is 7420. The van der Waals surface area contributed by atoms with Crippen molar-refractivity contribution in [3.8, 4) is 44.8 Å². The SMILES string of the molecule is C1=C(c2ccccc2)C(=C(c2ccccn2)c2[n-]c(-c3ccccc3)cc2-c2ccccc2)N=C1c1ccccc1.C1=C(c2ccccc2)C(=C(c2ccccn2)c2[n-]c(-c3ccccc3)cc2-c2ccccc2)N=C1c1ccccc1.Cn1cccc1C(=C1N=C(C(C)(C)C)C=C1C(C)(C)C)c1[n-]c(C(C)(C)C)cc1C(C)(C)C.Cn1ccnc1C(=C1N=C(C(C)(C)C)C=C1C(C)(C)C)c1[n-]c(C(C)(C)C)cc1C(C)(C)C.[Zn+2].[Zn+2]. The van der Waals surface area contributed by atoms with E-state index in [2.05, 4.69) is 402 Å².